The molecule has 1 fully saturated rings. The summed E-state index contributed by atoms with van der Waals surface area (Å²) < 4.78 is 4.64. The predicted octanol–water partition coefficient (Wildman–Crippen LogP) is 1.11. The Balaban J connectivity index is 1.75. The summed E-state index contributed by atoms with van der Waals surface area (Å²) in [5.41, 5.74) is 1.05. The van der Waals surface area contributed by atoms with Gasteiger partial charge in [0.2, 0.25) is 5.91 Å². The van der Waals surface area contributed by atoms with Gasteiger partial charge in [-0.25, -0.2) is 4.79 Å². The highest BCUT2D eigenvalue weighted by Gasteiger charge is 2.28. The molecule has 18 heavy (non-hydrogen) atoms. The van der Waals surface area contributed by atoms with Crippen LogP contribution in [-0.4, -0.2) is 31.2 Å². The molecule has 0 aliphatic carbocycles. The van der Waals surface area contributed by atoms with Crippen LogP contribution >= 0.6 is 11.6 Å². The smallest absolute Gasteiger partial charge is 0.407 e. The van der Waals surface area contributed by atoms with Crippen molar-refractivity contribution < 1.29 is 14.3 Å². The lowest BCUT2D eigenvalue weighted by molar-refractivity contribution is -0.122. The minimum absolute atomic E-state index is 0.0852. The number of hydrogen-bond acceptors (Lipinski definition) is 3. The summed E-state index contributed by atoms with van der Waals surface area (Å²) in [4.78, 5) is 22.4. The zero-order chi connectivity index (χ0) is 13.0. The van der Waals surface area contributed by atoms with Crippen LogP contribution in [0.25, 0.3) is 0 Å². The van der Waals surface area contributed by atoms with E-state index in [1.54, 1.807) is 6.07 Å². The highest BCUT2D eigenvalue weighted by molar-refractivity contribution is 6.30. The molecule has 0 radical (unpaired) electrons. The molecular weight excluding hydrogens is 256 g/mol. The van der Waals surface area contributed by atoms with Crippen LogP contribution in [0.2, 0.25) is 5.02 Å². The summed E-state index contributed by atoms with van der Waals surface area (Å²) in [5, 5.41) is 5.83. The van der Waals surface area contributed by atoms with Crippen molar-refractivity contribution in [1.82, 2.24) is 10.6 Å². The fourth-order valence-electron chi connectivity index (χ4n) is 1.67. The Labute approximate surface area is 109 Å². The third kappa shape index (κ3) is 3.37. The molecule has 1 aliphatic rings. The fourth-order valence-corrected chi connectivity index (χ4v) is 1.88. The molecule has 1 saturated heterocycles. The van der Waals surface area contributed by atoms with Crippen LogP contribution in [-0.2, 0) is 16.0 Å². The van der Waals surface area contributed by atoms with Crippen LogP contribution in [0.5, 0.6) is 0 Å². The van der Waals surface area contributed by atoms with E-state index in [2.05, 4.69) is 15.4 Å². The van der Waals surface area contributed by atoms with Crippen LogP contribution < -0.4 is 10.6 Å². The van der Waals surface area contributed by atoms with Crippen LogP contribution in [0.15, 0.2) is 24.3 Å². The van der Waals surface area contributed by atoms with E-state index < -0.39 is 12.1 Å². The van der Waals surface area contributed by atoms with Gasteiger partial charge in [-0.15, -0.1) is 0 Å². The van der Waals surface area contributed by atoms with Crippen molar-refractivity contribution in [3.63, 3.8) is 0 Å². The van der Waals surface area contributed by atoms with Gasteiger partial charge < -0.3 is 15.4 Å². The van der Waals surface area contributed by atoms with Crippen molar-refractivity contribution in [2.75, 3.05) is 13.2 Å². The van der Waals surface area contributed by atoms with Crippen molar-refractivity contribution >= 4 is 23.6 Å². The SMILES string of the molecule is O=C1NC(C(=O)NCCc2cccc(Cl)c2)CO1. The number of carbonyl (C=O) groups excluding carboxylic acids is 2. The van der Waals surface area contributed by atoms with Gasteiger partial charge in [-0.05, 0) is 24.1 Å². The molecule has 2 N–H and O–H groups in total. The van der Waals surface area contributed by atoms with Crippen molar-refractivity contribution in [3.05, 3.63) is 34.9 Å². The first-order chi connectivity index (χ1) is 8.65. The Bertz CT molecular complexity index is 464. The van der Waals surface area contributed by atoms with Gasteiger partial charge in [0.1, 0.15) is 12.6 Å². The van der Waals surface area contributed by atoms with Gasteiger partial charge in [-0.3, -0.25) is 4.79 Å². The summed E-state index contributed by atoms with van der Waals surface area (Å²) in [6.07, 6.45) is 0.137. The number of benzene rings is 1. The van der Waals surface area contributed by atoms with Gasteiger partial charge in [-0.1, -0.05) is 23.7 Å². The molecule has 0 spiro atoms. The zero-order valence-corrected chi connectivity index (χ0v) is 10.4. The lowest BCUT2D eigenvalue weighted by Gasteiger charge is -2.09. The third-order valence-corrected chi connectivity index (χ3v) is 2.83. The standard InChI is InChI=1S/C12H13ClN2O3/c13-9-3-1-2-8(6-9)4-5-14-11(16)10-7-18-12(17)15-10/h1-3,6,10H,4-5,7H2,(H,14,16)(H,15,17). The van der Waals surface area contributed by atoms with Gasteiger partial charge in [0.05, 0.1) is 0 Å². The minimum atomic E-state index is -0.586. The number of nitrogens with one attached hydrogen (secondary N) is 2. The first-order valence-corrected chi connectivity index (χ1v) is 5.98. The second kappa shape index (κ2) is 5.73. The Morgan fingerprint density at radius 3 is 3.06 bits per heavy atom. The number of halogens is 1. The first-order valence-electron chi connectivity index (χ1n) is 5.60. The number of carbonyl (C=O) groups is 2. The third-order valence-electron chi connectivity index (χ3n) is 2.59. The molecule has 1 aliphatic heterocycles. The maximum Gasteiger partial charge on any atom is 0.407 e. The second-order valence-corrected chi connectivity index (χ2v) is 4.40. The van der Waals surface area contributed by atoms with Crippen LogP contribution in [0.3, 0.4) is 0 Å². The van der Waals surface area contributed by atoms with E-state index in [4.69, 9.17) is 11.6 Å². The van der Waals surface area contributed by atoms with E-state index in [1.807, 2.05) is 18.2 Å². The van der Waals surface area contributed by atoms with Crippen LogP contribution in [0.1, 0.15) is 5.56 Å². The first kappa shape index (κ1) is 12.7. The molecule has 0 saturated carbocycles. The van der Waals surface area contributed by atoms with Gasteiger partial charge >= 0.3 is 6.09 Å². The monoisotopic (exact) mass is 268 g/mol. The van der Waals surface area contributed by atoms with Crippen molar-refractivity contribution in [1.29, 1.82) is 0 Å². The molecule has 0 aromatic heterocycles. The fraction of sp³-hybridized carbons (Fsp3) is 0.333. The van der Waals surface area contributed by atoms with Crippen LogP contribution in [0.4, 0.5) is 4.79 Å². The second-order valence-electron chi connectivity index (χ2n) is 3.97. The predicted molar refractivity (Wildman–Crippen MR) is 66.4 cm³/mol. The van der Waals surface area contributed by atoms with Crippen LogP contribution in [0, 0.1) is 0 Å². The largest absolute Gasteiger partial charge is 0.447 e. The number of hydrogen-bond donors (Lipinski definition) is 2. The molecule has 1 aromatic rings. The average Bonchev–Trinajstić information content (AvgIpc) is 2.76. The topological polar surface area (TPSA) is 67.4 Å². The number of alkyl carbamates (subject to hydrolysis) is 1. The number of cyclic esters (lactones) is 1. The average molecular weight is 269 g/mol. The van der Waals surface area contributed by atoms with Crippen molar-refractivity contribution in [3.8, 4) is 0 Å². The molecular formula is C12H13ClN2O3. The van der Waals surface area contributed by atoms with E-state index in [0.717, 1.165) is 5.56 Å². The molecule has 1 heterocycles. The molecule has 1 atom stereocenters. The van der Waals surface area contributed by atoms with Gasteiger partial charge in [-0.2, -0.15) is 0 Å². The number of amides is 2. The van der Waals surface area contributed by atoms with E-state index >= 15 is 0 Å². The maximum absolute atomic E-state index is 11.6. The van der Waals surface area contributed by atoms with Crippen molar-refractivity contribution in [2.45, 2.75) is 12.5 Å². The van der Waals surface area contributed by atoms with Gasteiger partial charge in [0.25, 0.3) is 0 Å². The lowest BCUT2D eigenvalue weighted by atomic mass is 10.1. The number of ether oxygens (including phenoxy) is 1. The Morgan fingerprint density at radius 2 is 2.39 bits per heavy atom. The normalized spacial score (nSPS) is 18.1. The molecule has 6 heteroatoms. The Hall–Kier alpha value is -1.75. The van der Waals surface area contributed by atoms with Gasteiger partial charge in [0.15, 0.2) is 0 Å². The highest BCUT2D eigenvalue weighted by atomic mass is 35.5. The summed E-state index contributed by atoms with van der Waals surface area (Å²) in [5.74, 6) is -0.233. The summed E-state index contributed by atoms with van der Waals surface area (Å²) in [6.45, 7) is 0.577. The quantitative estimate of drug-likeness (QED) is 0.860. The van der Waals surface area contributed by atoms with E-state index in [-0.39, 0.29) is 12.5 Å². The zero-order valence-electron chi connectivity index (χ0n) is 9.61. The van der Waals surface area contributed by atoms with E-state index in [1.165, 1.54) is 0 Å². The van der Waals surface area contributed by atoms with Gasteiger partial charge in [0, 0.05) is 11.6 Å². The minimum Gasteiger partial charge on any atom is -0.447 e. The lowest BCUT2D eigenvalue weighted by Crippen LogP contribution is -2.43. The number of rotatable bonds is 4. The molecule has 1 aromatic carbocycles. The molecule has 2 rings (SSSR count). The highest BCUT2D eigenvalue weighted by Crippen LogP contribution is 2.10. The Morgan fingerprint density at radius 1 is 1.56 bits per heavy atom. The molecule has 5 nitrogen and oxygen atoms in total. The Kier molecular flexibility index (Phi) is 4.04. The van der Waals surface area contributed by atoms with Crippen molar-refractivity contribution in [2.24, 2.45) is 0 Å². The molecule has 96 valence electrons. The molecule has 2 amide bonds. The summed E-state index contributed by atoms with van der Waals surface area (Å²) in [6, 6.07) is 6.88. The van der Waals surface area contributed by atoms with E-state index in [0.29, 0.717) is 18.0 Å². The molecule has 1 unspecified atom stereocenters. The molecule has 0 bridgehead atoms. The maximum atomic E-state index is 11.6. The summed E-state index contributed by atoms with van der Waals surface area (Å²) in [7, 11) is 0. The van der Waals surface area contributed by atoms with E-state index in [9.17, 15) is 9.59 Å². The summed E-state index contributed by atoms with van der Waals surface area (Å²) >= 11 is 5.85.